The number of carbonyl (C=O) groups is 1. The lowest BCUT2D eigenvalue weighted by Gasteiger charge is -2.15. The van der Waals surface area contributed by atoms with Crippen LogP contribution in [0.2, 0.25) is 4.34 Å². The van der Waals surface area contributed by atoms with E-state index in [1.807, 2.05) is 0 Å². The minimum Gasteiger partial charge on any atom is -0.478 e. The number of carboxylic acid groups (broad SMARTS) is 1. The van der Waals surface area contributed by atoms with Gasteiger partial charge in [-0.2, -0.15) is 4.31 Å². The fourth-order valence-corrected chi connectivity index (χ4v) is 3.84. The molecular formula is C12H11ClN2O4S2. The van der Waals surface area contributed by atoms with Gasteiger partial charge < -0.3 is 5.11 Å². The Morgan fingerprint density at radius 3 is 2.57 bits per heavy atom. The van der Waals surface area contributed by atoms with Crippen LogP contribution in [0.25, 0.3) is 0 Å². The molecule has 0 unspecified atom stereocenters. The lowest BCUT2D eigenvalue weighted by molar-refractivity contribution is 0.0696. The zero-order chi connectivity index (χ0) is 15.6. The maximum atomic E-state index is 12.3. The van der Waals surface area contributed by atoms with Gasteiger partial charge in [0, 0.05) is 24.7 Å². The van der Waals surface area contributed by atoms with Gasteiger partial charge in [0.2, 0.25) is 0 Å². The molecule has 0 bridgehead atoms. The summed E-state index contributed by atoms with van der Waals surface area (Å²) in [5, 5.41) is 8.58. The van der Waals surface area contributed by atoms with Gasteiger partial charge in [-0.25, -0.2) is 18.2 Å². The van der Waals surface area contributed by atoms with E-state index in [-0.39, 0.29) is 17.1 Å². The third-order valence-corrected chi connectivity index (χ3v) is 5.60. The Balaban J connectivity index is 2.22. The summed E-state index contributed by atoms with van der Waals surface area (Å²) in [6, 6.07) is 5.83. The van der Waals surface area contributed by atoms with Crippen molar-refractivity contribution >= 4 is 38.9 Å². The van der Waals surface area contributed by atoms with Gasteiger partial charge in [-0.1, -0.05) is 11.6 Å². The summed E-state index contributed by atoms with van der Waals surface area (Å²) >= 11 is 7.10. The monoisotopic (exact) mass is 346 g/mol. The molecule has 112 valence electrons. The molecule has 1 N–H and O–H groups in total. The van der Waals surface area contributed by atoms with E-state index in [1.54, 1.807) is 12.1 Å². The molecule has 0 saturated heterocycles. The summed E-state index contributed by atoms with van der Waals surface area (Å²) in [6.07, 6.45) is 1.02. The molecule has 0 radical (unpaired) electrons. The van der Waals surface area contributed by atoms with Gasteiger partial charge in [0.1, 0.15) is 0 Å². The lowest BCUT2D eigenvalue weighted by Crippen LogP contribution is -2.27. The number of carboxylic acids is 1. The van der Waals surface area contributed by atoms with E-state index in [4.69, 9.17) is 16.7 Å². The van der Waals surface area contributed by atoms with Crippen molar-refractivity contribution in [1.29, 1.82) is 0 Å². The van der Waals surface area contributed by atoms with E-state index in [2.05, 4.69) is 4.98 Å². The summed E-state index contributed by atoms with van der Waals surface area (Å²) in [7, 11) is -2.35. The first-order chi connectivity index (χ1) is 9.80. The van der Waals surface area contributed by atoms with Crippen LogP contribution in [0, 0.1) is 0 Å². The smallest absolute Gasteiger partial charge is 0.337 e. The number of halogens is 1. The van der Waals surface area contributed by atoms with E-state index in [9.17, 15) is 13.2 Å². The average molecular weight is 347 g/mol. The van der Waals surface area contributed by atoms with Crippen LogP contribution in [0.1, 0.15) is 15.2 Å². The highest BCUT2D eigenvalue weighted by atomic mass is 35.5. The highest BCUT2D eigenvalue weighted by Crippen LogP contribution is 2.24. The third-order valence-electron chi connectivity index (χ3n) is 2.67. The topological polar surface area (TPSA) is 87.6 Å². The Morgan fingerprint density at radius 2 is 2.10 bits per heavy atom. The Morgan fingerprint density at radius 1 is 1.38 bits per heavy atom. The number of aromatic nitrogens is 1. The number of hydrogen-bond donors (Lipinski definition) is 1. The molecule has 2 aromatic heterocycles. The average Bonchev–Trinajstić information content (AvgIpc) is 2.84. The van der Waals surface area contributed by atoms with Crippen molar-refractivity contribution in [3.8, 4) is 0 Å². The van der Waals surface area contributed by atoms with Gasteiger partial charge in [-0.15, -0.1) is 11.3 Å². The number of thiophene rings is 1. The van der Waals surface area contributed by atoms with Crippen LogP contribution in [0.15, 0.2) is 35.5 Å². The molecule has 0 aromatic carbocycles. The first-order valence-electron chi connectivity index (χ1n) is 5.70. The molecule has 6 nitrogen and oxygen atoms in total. The van der Waals surface area contributed by atoms with Crippen molar-refractivity contribution in [2.75, 3.05) is 7.05 Å². The number of nitrogens with zero attached hydrogens (tertiary/aromatic N) is 2. The van der Waals surface area contributed by atoms with Crippen LogP contribution in [-0.4, -0.2) is 35.8 Å². The van der Waals surface area contributed by atoms with Crippen molar-refractivity contribution in [2.24, 2.45) is 0 Å². The summed E-state index contributed by atoms with van der Waals surface area (Å²) in [6.45, 7) is 0.169. The fraction of sp³-hybridized carbons (Fsp3) is 0.167. The van der Waals surface area contributed by atoms with Crippen molar-refractivity contribution < 1.29 is 18.3 Å². The second kappa shape index (κ2) is 6.10. The molecule has 0 atom stereocenters. The van der Waals surface area contributed by atoms with Gasteiger partial charge in [0.15, 0.2) is 5.03 Å². The van der Waals surface area contributed by atoms with Crippen LogP contribution in [0.5, 0.6) is 0 Å². The zero-order valence-corrected chi connectivity index (χ0v) is 13.2. The highest BCUT2D eigenvalue weighted by molar-refractivity contribution is 7.89. The molecule has 0 aliphatic heterocycles. The minimum atomic E-state index is -3.78. The van der Waals surface area contributed by atoms with Gasteiger partial charge in [0.05, 0.1) is 9.90 Å². The first kappa shape index (κ1) is 15.9. The molecule has 0 aliphatic rings. The third kappa shape index (κ3) is 3.59. The van der Waals surface area contributed by atoms with E-state index < -0.39 is 16.0 Å². The van der Waals surface area contributed by atoms with Crippen LogP contribution in [0.3, 0.4) is 0 Å². The van der Waals surface area contributed by atoms with Gasteiger partial charge in [-0.05, 0) is 24.3 Å². The van der Waals surface area contributed by atoms with Crippen LogP contribution in [-0.2, 0) is 16.6 Å². The van der Waals surface area contributed by atoms with Crippen molar-refractivity contribution in [2.45, 2.75) is 11.6 Å². The fourth-order valence-electron chi connectivity index (χ4n) is 1.56. The summed E-state index contributed by atoms with van der Waals surface area (Å²) in [5.74, 6) is -1.16. The standard InChI is InChI=1S/C12H11ClN2O4S2/c1-15(7-9-3-4-10(13)20-9)21(18,19)11-5-2-8(6-14-11)12(16)17/h2-6H,7H2,1H3,(H,16,17). The molecule has 2 rings (SSSR count). The van der Waals surface area contributed by atoms with Crippen LogP contribution in [0.4, 0.5) is 0 Å². The van der Waals surface area contributed by atoms with Gasteiger partial charge in [-0.3, -0.25) is 0 Å². The predicted octanol–water partition coefficient (Wildman–Crippen LogP) is 2.32. The predicted molar refractivity (Wildman–Crippen MR) is 79.2 cm³/mol. The Hall–Kier alpha value is -1.48. The second-order valence-corrected chi connectivity index (χ2v) is 7.95. The van der Waals surface area contributed by atoms with E-state index in [0.29, 0.717) is 4.34 Å². The molecule has 9 heteroatoms. The van der Waals surface area contributed by atoms with Crippen molar-refractivity contribution in [3.05, 3.63) is 45.2 Å². The summed E-state index contributed by atoms with van der Waals surface area (Å²) in [4.78, 5) is 15.2. The zero-order valence-electron chi connectivity index (χ0n) is 10.9. The second-order valence-electron chi connectivity index (χ2n) is 4.16. The number of pyridine rings is 1. The van der Waals surface area contributed by atoms with Crippen LogP contribution >= 0.6 is 22.9 Å². The van der Waals surface area contributed by atoms with Crippen LogP contribution < -0.4 is 0 Å². The molecule has 0 fully saturated rings. The van der Waals surface area contributed by atoms with Crippen molar-refractivity contribution in [1.82, 2.24) is 9.29 Å². The maximum absolute atomic E-state index is 12.3. The van der Waals surface area contributed by atoms with Gasteiger partial charge in [0.25, 0.3) is 10.0 Å². The summed E-state index contributed by atoms with van der Waals surface area (Å²) < 4.78 is 26.3. The number of aromatic carboxylic acids is 1. The van der Waals surface area contributed by atoms with E-state index in [0.717, 1.165) is 15.4 Å². The molecule has 0 amide bonds. The number of hydrogen-bond acceptors (Lipinski definition) is 5. The summed E-state index contributed by atoms with van der Waals surface area (Å²) in [5.41, 5.74) is -0.0679. The molecular weight excluding hydrogens is 336 g/mol. The number of rotatable bonds is 5. The lowest BCUT2D eigenvalue weighted by atomic mass is 10.3. The van der Waals surface area contributed by atoms with Crippen molar-refractivity contribution in [3.63, 3.8) is 0 Å². The van der Waals surface area contributed by atoms with E-state index in [1.165, 1.54) is 30.5 Å². The normalized spacial score (nSPS) is 11.8. The Bertz CT molecular complexity index is 756. The quantitative estimate of drug-likeness (QED) is 0.897. The molecule has 2 aromatic rings. The maximum Gasteiger partial charge on any atom is 0.337 e. The molecule has 0 spiro atoms. The van der Waals surface area contributed by atoms with E-state index >= 15 is 0 Å². The number of sulfonamides is 1. The molecule has 2 heterocycles. The van der Waals surface area contributed by atoms with Gasteiger partial charge >= 0.3 is 5.97 Å². The largest absolute Gasteiger partial charge is 0.478 e. The minimum absolute atomic E-state index is 0.0679. The highest BCUT2D eigenvalue weighted by Gasteiger charge is 2.23. The molecule has 21 heavy (non-hydrogen) atoms. The molecule has 0 aliphatic carbocycles. The first-order valence-corrected chi connectivity index (χ1v) is 8.34. The Labute approximate surface area is 130 Å². The molecule has 0 saturated carbocycles. The Kier molecular flexibility index (Phi) is 4.62. The SMILES string of the molecule is CN(Cc1ccc(Cl)s1)S(=O)(=O)c1ccc(C(=O)O)cn1.